The van der Waals surface area contributed by atoms with Crippen molar-refractivity contribution < 1.29 is 19.4 Å². The quantitative estimate of drug-likeness (QED) is 0.299. The lowest BCUT2D eigenvalue weighted by atomic mass is 9.94. The molecule has 194 valence electrons. The van der Waals surface area contributed by atoms with Crippen molar-refractivity contribution in [3.63, 3.8) is 0 Å². The number of halogens is 1. The van der Waals surface area contributed by atoms with Crippen LogP contribution in [-0.2, 0) is 9.59 Å². The summed E-state index contributed by atoms with van der Waals surface area (Å²) in [5.74, 6) is 1.96. The number of anilines is 1. The van der Waals surface area contributed by atoms with Crippen molar-refractivity contribution in [1.82, 2.24) is 0 Å². The normalized spacial score (nSPS) is 15.8. The van der Waals surface area contributed by atoms with E-state index in [2.05, 4.69) is 53.0 Å². The van der Waals surface area contributed by atoms with Gasteiger partial charge in [-0.15, -0.1) is 5.54 Å². The van der Waals surface area contributed by atoms with Crippen LogP contribution in [0.25, 0.3) is 0 Å². The molecule has 1 fully saturated rings. The predicted molar refractivity (Wildman–Crippen MR) is 147 cm³/mol. The Morgan fingerprint density at radius 1 is 1.06 bits per heavy atom. The minimum atomic E-state index is -2.18. The van der Waals surface area contributed by atoms with Crippen molar-refractivity contribution in [2.45, 2.75) is 116 Å². The SMILES string of the molecule is CC(C)[Si](C#CC(=O)N(c1ccc(OC(C)(C)C)c(Cl)c1)C1(C(=O)O)CCCC1)(C(C)C)C(C)C. The molecule has 35 heavy (non-hydrogen) atoms. The fourth-order valence-electron chi connectivity index (χ4n) is 5.74. The van der Waals surface area contributed by atoms with Crippen molar-refractivity contribution >= 4 is 37.2 Å². The van der Waals surface area contributed by atoms with E-state index in [0.29, 0.717) is 45.9 Å². The molecule has 1 N–H and O–H groups in total. The molecule has 0 bridgehead atoms. The molecule has 1 aliphatic carbocycles. The van der Waals surface area contributed by atoms with Crippen LogP contribution in [0.5, 0.6) is 5.75 Å². The Hall–Kier alpha value is -1.97. The Morgan fingerprint density at radius 3 is 1.97 bits per heavy atom. The van der Waals surface area contributed by atoms with E-state index in [1.807, 2.05) is 20.8 Å². The van der Waals surface area contributed by atoms with Crippen molar-refractivity contribution in [3.05, 3.63) is 23.2 Å². The molecule has 1 aromatic rings. The highest BCUT2D eigenvalue weighted by molar-refractivity contribution is 6.90. The zero-order valence-electron chi connectivity index (χ0n) is 22.8. The van der Waals surface area contributed by atoms with Crippen molar-refractivity contribution in [2.75, 3.05) is 4.90 Å². The third-order valence-corrected chi connectivity index (χ3v) is 13.9. The van der Waals surface area contributed by atoms with Gasteiger partial charge < -0.3 is 9.84 Å². The van der Waals surface area contributed by atoms with E-state index in [1.54, 1.807) is 18.2 Å². The summed E-state index contributed by atoms with van der Waals surface area (Å²) < 4.78 is 5.92. The molecule has 5 nitrogen and oxygen atoms in total. The van der Waals surface area contributed by atoms with Crippen LogP contribution in [0.2, 0.25) is 21.6 Å². The van der Waals surface area contributed by atoms with Crippen LogP contribution in [0.3, 0.4) is 0 Å². The maximum atomic E-state index is 13.8. The van der Waals surface area contributed by atoms with E-state index in [9.17, 15) is 14.7 Å². The van der Waals surface area contributed by atoms with Crippen LogP contribution in [0.4, 0.5) is 5.69 Å². The summed E-state index contributed by atoms with van der Waals surface area (Å²) in [7, 11) is -2.18. The Kier molecular flexibility index (Phi) is 9.17. The van der Waals surface area contributed by atoms with Gasteiger partial charge in [0, 0.05) is 5.69 Å². The number of carbonyl (C=O) groups is 2. The van der Waals surface area contributed by atoms with E-state index in [-0.39, 0.29) is 0 Å². The molecule has 7 heteroatoms. The number of hydrogen-bond acceptors (Lipinski definition) is 3. The highest BCUT2D eigenvalue weighted by atomic mass is 35.5. The van der Waals surface area contributed by atoms with Crippen molar-refractivity contribution in [1.29, 1.82) is 0 Å². The fourth-order valence-corrected chi connectivity index (χ4v) is 11.1. The number of rotatable bonds is 7. The molecular formula is C28H42ClNO4Si. The summed E-state index contributed by atoms with van der Waals surface area (Å²) in [5.41, 5.74) is 3.20. The van der Waals surface area contributed by atoms with Crippen molar-refractivity contribution in [3.8, 4) is 17.2 Å². The molecule has 0 saturated heterocycles. The number of hydrogen-bond donors (Lipinski definition) is 1. The van der Waals surface area contributed by atoms with E-state index >= 15 is 0 Å². The second-order valence-electron chi connectivity index (χ2n) is 11.7. The molecule has 0 spiro atoms. The highest BCUT2D eigenvalue weighted by Crippen LogP contribution is 2.43. The van der Waals surface area contributed by atoms with Crippen molar-refractivity contribution in [2.24, 2.45) is 0 Å². The van der Waals surface area contributed by atoms with Crippen LogP contribution in [0.1, 0.15) is 88.0 Å². The molecule has 0 unspecified atom stereocenters. The first-order valence-corrected chi connectivity index (χ1v) is 15.3. The van der Waals surface area contributed by atoms with Gasteiger partial charge in [0.2, 0.25) is 0 Å². The van der Waals surface area contributed by atoms with Gasteiger partial charge in [0.05, 0.1) is 5.02 Å². The van der Waals surface area contributed by atoms with Gasteiger partial charge >= 0.3 is 11.9 Å². The molecule has 0 aromatic heterocycles. The fraction of sp³-hybridized carbons (Fsp3) is 0.643. The first-order chi connectivity index (χ1) is 16.1. The molecule has 1 saturated carbocycles. The van der Waals surface area contributed by atoms with E-state index in [1.165, 1.54) is 4.90 Å². The summed E-state index contributed by atoms with van der Waals surface area (Å²) in [5, 5.41) is 10.7. The lowest BCUT2D eigenvalue weighted by Crippen LogP contribution is -2.56. The lowest BCUT2D eigenvalue weighted by molar-refractivity contribution is -0.144. The first kappa shape index (κ1) is 29.3. The largest absolute Gasteiger partial charge is 0.487 e. The third-order valence-electron chi connectivity index (χ3n) is 7.30. The van der Waals surface area contributed by atoms with Crippen LogP contribution < -0.4 is 9.64 Å². The zero-order valence-corrected chi connectivity index (χ0v) is 24.5. The molecular weight excluding hydrogens is 478 g/mol. The van der Waals surface area contributed by atoms with E-state index in [0.717, 1.165) is 12.8 Å². The smallest absolute Gasteiger partial charge is 0.330 e. The minimum absolute atomic E-state index is 0.331. The summed E-state index contributed by atoms with van der Waals surface area (Å²) in [4.78, 5) is 27.8. The Labute approximate surface area is 217 Å². The number of carboxylic acids is 1. The number of amides is 1. The molecule has 0 radical (unpaired) electrons. The number of ether oxygens (including phenoxy) is 1. The van der Waals surface area contributed by atoms with Gasteiger partial charge in [0.15, 0.2) is 0 Å². The molecule has 1 amide bonds. The highest BCUT2D eigenvalue weighted by Gasteiger charge is 2.50. The second-order valence-corrected chi connectivity index (χ2v) is 17.6. The first-order valence-electron chi connectivity index (χ1n) is 12.7. The molecule has 1 aliphatic rings. The van der Waals surface area contributed by atoms with Crippen LogP contribution in [0.15, 0.2) is 18.2 Å². The lowest BCUT2D eigenvalue weighted by Gasteiger charge is -2.39. The van der Waals surface area contributed by atoms with Crippen LogP contribution >= 0.6 is 11.6 Å². The predicted octanol–water partition coefficient (Wildman–Crippen LogP) is 7.47. The zero-order chi connectivity index (χ0) is 26.8. The van der Waals surface area contributed by atoms with Gasteiger partial charge in [-0.05, 0) is 74.4 Å². The van der Waals surface area contributed by atoms with Gasteiger partial charge in [-0.3, -0.25) is 9.69 Å². The maximum Gasteiger partial charge on any atom is 0.330 e. The average Bonchev–Trinajstić information content (AvgIpc) is 3.20. The molecule has 2 rings (SSSR count). The van der Waals surface area contributed by atoms with Gasteiger partial charge in [0.1, 0.15) is 25.0 Å². The summed E-state index contributed by atoms with van der Waals surface area (Å²) in [6, 6.07) is 5.05. The Morgan fingerprint density at radius 2 is 1.57 bits per heavy atom. The average molecular weight is 520 g/mol. The third kappa shape index (κ3) is 6.06. The Balaban J connectivity index is 2.66. The molecule has 0 heterocycles. The number of nitrogens with zero attached hydrogens (tertiary/aromatic N) is 1. The second kappa shape index (κ2) is 11.0. The van der Waals surface area contributed by atoms with Gasteiger partial charge in [0.25, 0.3) is 0 Å². The Bertz CT molecular complexity index is 973. The van der Waals surface area contributed by atoms with Gasteiger partial charge in [-0.25, -0.2) is 4.79 Å². The summed E-state index contributed by atoms with van der Waals surface area (Å²) >= 11 is 6.55. The summed E-state index contributed by atoms with van der Waals surface area (Å²) in [6.45, 7) is 18.9. The number of carbonyl (C=O) groups excluding carboxylic acids is 1. The standard InChI is InChI=1S/C28H42ClNO4Si/c1-19(2)35(20(3)4,21(5)6)17-14-25(31)30(28(26(32)33)15-10-11-16-28)22-12-13-24(23(29)18-22)34-27(7,8)9/h12-13,18-21H,10-11,15-16H2,1-9H3,(H,32,33). The van der Waals surface area contributed by atoms with Gasteiger partial charge in [-0.1, -0.05) is 66.0 Å². The maximum absolute atomic E-state index is 13.8. The van der Waals surface area contributed by atoms with E-state index in [4.69, 9.17) is 16.3 Å². The van der Waals surface area contributed by atoms with Crippen LogP contribution in [-0.4, -0.2) is 36.2 Å². The topological polar surface area (TPSA) is 66.8 Å². The number of aliphatic carboxylic acids is 1. The number of benzene rings is 1. The summed E-state index contributed by atoms with van der Waals surface area (Å²) in [6.07, 6.45) is 2.25. The van der Waals surface area contributed by atoms with Gasteiger partial charge in [-0.2, -0.15) is 0 Å². The molecule has 0 aliphatic heterocycles. The monoisotopic (exact) mass is 519 g/mol. The molecule has 1 aromatic carbocycles. The van der Waals surface area contributed by atoms with E-state index < -0.39 is 31.1 Å². The molecule has 0 atom stereocenters. The number of carboxylic acid groups (broad SMARTS) is 1. The van der Waals surface area contributed by atoms with Crippen LogP contribution in [0, 0.1) is 11.5 Å². The minimum Gasteiger partial charge on any atom is -0.487 e.